The van der Waals surface area contributed by atoms with Gasteiger partial charge in [0.15, 0.2) is 0 Å². The highest BCUT2D eigenvalue weighted by molar-refractivity contribution is 5.58. The van der Waals surface area contributed by atoms with Crippen LogP contribution in [0.5, 0.6) is 0 Å². The number of hydrogen-bond acceptors (Lipinski definition) is 2. The van der Waals surface area contributed by atoms with Crippen LogP contribution in [0.4, 0.5) is 11.4 Å². The predicted molar refractivity (Wildman–Crippen MR) is 109 cm³/mol. The smallest absolute Gasteiger partial charge is 0.0361 e. The van der Waals surface area contributed by atoms with Gasteiger partial charge in [0.05, 0.1) is 0 Å². The van der Waals surface area contributed by atoms with E-state index in [0.29, 0.717) is 0 Å². The predicted octanol–water partition coefficient (Wildman–Crippen LogP) is 5.10. The highest BCUT2D eigenvalue weighted by Crippen LogP contribution is 2.14. The Morgan fingerprint density at radius 2 is 0.833 bits per heavy atom. The van der Waals surface area contributed by atoms with E-state index in [0.717, 1.165) is 0 Å². The average Bonchev–Trinajstić information content (AvgIpc) is 2.58. The van der Waals surface area contributed by atoms with Gasteiger partial charge in [-0.25, -0.2) is 0 Å². The first-order valence-electron chi connectivity index (χ1n) is 8.12. The van der Waals surface area contributed by atoms with E-state index in [2.05, 4.69) is 82.6 Å². The fourth-order valence-electron chi connectivity index (χ4n) is 2.23. The Balaban J connectivity index is 1.87. The van der Waals surface area contributed by atoms with E-state index in [1.165, 1.54) is 22.5 Å². The van der Waals surface area contributed by atoms with Crippen molar-refractivity contribution < 1.29 is 0 Å². The highest BCUT2D eigenvalue weighted by atomic mass is 15.1. The fourth-order valence-corrected chi connectivity index (χ4v) is 2.23. The zero-order valence-electron chi connectivity index (χ0n) is 15.0. The molecule has 0 bridgehead atoms. The third-order valence-corrected chi connectivity index (χ3v) is 3.73. The third kappa shape index (κ3) is 5.47. The summed E-state index contributed by atoms with van der Waals surface area (Å²) in [6.45, 7) is 0. The summed E-state index contributed by atoms with van der Waals surface area (Å²) in [5.74, 6) is 0. The summed E-state index contributed by atoms with van der Waals surface area (Å²) in [5, 5.41) is 0. The van der Waals surface area contributed by atoms with Gasteiger partial charge in [-0.15, -0.1) is 0 Å². The largest absolute Gasteiger partial charge is 0.378 e. The minimum atomic E-state index is 1.20. The first-order chi connectivity index (χ1) is 11.6. The number of benzene rings is 2. The van der Waals surface area contributed by atoms with Crippen molar-refractivity contribution in [2.45, 2.75) is 0 Å². The van der Waals surface area contributed by atoms with E-state index >= 15 is 0 Å². The Morgan fingerprint density at radius 1 is 0.500 bits per heavy atom. The second kappa shape index (κ2) is 8.78. The molecule has 0 atom stereocenters. The Bertz CT molecular complexity index is 639. The van der Waals surface area contributed by atoms with Gasteiger partial charge in [-0.3, -0.25) is 0 Å². The molecule has 2 aromatic rings. The van der Waals surface area contributed by atoms with Gasteiger partial charge in [0.25, 0.3) is 0 Å². The molecule has 0 aliphatic carbocycles. The number of anilines is 2. The molecule has 0 fully saturated rings. The van der Waals surface area contributed by atoms with Crippen molar-refractivity contribution in [1.82, 2.24) is 0 Å². The van der Waals surface area contributed by atoms with E-state index < -0.39 is 0 Å². The fraction of sp³-hybridized carbons (Fsp3) is 0.182. The molecular formula is C22H26N2. The van der Waals surface area contributed by atoms with E-state index in [9.17, 15) is 0 Å². The maximum atomic E-state index is 2.13. The van der Waals surface area contributed by atoms with Gasteiger partial charge in [0.2, 0.25) is 0 Å². The molecule has 0 N–H and O–H groups in total. The Hall–Kier alpha value is -2.74. The van der Waals surface area contributed by atoms with Crippen molar-refractivity contribution in [1.29, 1.82) is 0 Å². The highest BCUT2D eigenvalue weighted by Gasteiger charge is 1.93. The number of rotatable bonds is 6. The second-order valence-electron chi connectivity index (χ2n) is 6.08. The third-order valence-electron chi connectivity index (χ3n) is 3.73. The topological polar surface area (TPSA) is 6.48 Å². The lowest BCUT2D eigenvalue weighted by Crippen LogP contribution is -2.07. The van der Waals surface area contributed by atoms with Gasteiger partial charge >= 0.3 is 0 Å². The lowest BCUT2D eigenvalue weighted by Gasteiger charge is -2.11. The molecule has 24 heavy (non-hydrogen) atoms. The first-order valence-corrected chi connectivity index (χ1v) is 8.12. The van der Waals surface area contributed by atoms with Crippen molar-refractivity contribution >= 4 is 23.5 Å². The molecule has 0 unspecified atom stereocenters. The molecule has 0 spiro atoms. The van der Waals surface area contributed by atoms with E-state index in [1.54, 1.807) is 0 Å². The molecule has 2 aromatic carbocycles. The molecule has 0 radical (unpaired) electrons. The molecule has 2 rings (SSSR count). The van der Waals surface area contributed by atoms with Crippen molar-refractivity contribution in [2.75, 3.05) is 38.0 Å². The van der Waals surface area contributed by atoms with Gasteiger partial charge in [-0.05, 0) is 35.4 Å². The van der Waals surface area contributed by atoms with Gasteiger partial charge in [0.1, 0.15) is 0 Å². The first kappa shape index (κ1) is 17.6. The summed E-state index contributed by atoms with van der Waals surface area (Å²) >= 11 is 0. The summed E-state index contributed by atoms with van der Waals surface area (Å²) in [5.41, 5.74) is 4.83. The summed E-state index contributed by atoms with van der Waals surface area (Å²) < 4.78 is 0. The monoisotopic (exact) mass is 318 g/mol. The lowest BCUT2D eigenvalue weighted by atomic mass is 10.1. The molecular weight excluding hydrogens is 292 g/mol. The molecule has 0 saturated heterocycles. The maximum Gasteiger partial charge on any atom is 0.0361 e. The minimum absolute atomic E-state index is 1.20. The average molecular weight is 318 g/mol. The molecule has 0 aliphatic rings. The Kier molecular flexibility index (Phi) is 6.44. The molecule has 0 saturated carbocycles. The van der Waals surface area contributed by atoms with Crippen LogP contribution in [0.25, 0.3) is 12.2 Å². The van der Waals surface area contributed by atoms with Crippen LogP contribution in [-0.2, 0) is 0 Å². The zero-order chi connectivity index (χ0) is 17.4. The summed E-state index contributed by atoms with van der Waals surface area (Å²) in [6, 6.07) is 17.0. The molecule has 0 amide bonds. The van der Waals surface area contributed by atoms with E-state index in [1.807, 2.05) is 40.3 Å². The molecule has 2 heteroatoms. The molecule has 0 heterocycles. The van der Waals surface area contributed by atoms with Crippen LogP contribution in [0.2, 0.25) is 0 Å². The van der Waals surface area contributed by atoms with E-state index in [-0.39, 0.29) is 0 Å². The van der Waals surface area contributed by atoms with E-state index in [4.69, 9.17) is 0 Å². The second-order valence-corrected chi connectivity index (χ2v) is 6.08. The standard InChI is InChI=1S/C22H26N2/c1-23(2)21-15-11-19(12-16-21)9-7-5-6-8-10-20-13-17-22(18-14-20)24(3)4/h5-18H,1-4H3/b6-5+,9-7-,10-8+. The molecule has 0 aromatic heterocycles. The lowest BCUT2D eigenvalue weighted by molar-refractivity contribution is 1.13. The van der Waals surface area contributed by atoms with Crippen LogP contribution < -0.4 is 9.80 Å². The van der Waals surface area contributed by atoms with Gasteiger partial charge < -0.3 is 9.80 Å². The number of nitrogens with zero attached hydrogens (tertiary/aromatic N) is 2. The van der Waals surface area contributed by atoms with Crippen LogP contribution in [0.15, 0.2) is 72.8 Å². The normalized spacial score (nSPS) is 11.7. The molecule has 124 valence electrons. The van der Waals surface area contributed by atoms with Crippen LogP contribution in [-0.4, -0.2) is 28.2 Å². The van der Waals surface area contributed by atoms with Gasteiger partial charge in [-0.1, -0.05) is 60.7 Å². The van der Waals surface area contributed by atoms with Crippen molar-refractivity contribution in [3.8, 4) is 0 Å². The summed E-state index contributed by atoms with van der Waals surface area (Å²) in [6.07, 6.45) is 12.4. The van der Waals surface area contributed by atoms with Crippen LogP contribution in [0, 0.1) is 0 Å². The van der Waals surface area contributed by atoms with Crippen LogP contribution >= 0.6 is 0 Å². The number of hydrogen-bond donors (Lipinski definition) is 0. The molecule has 2 nitrogen and oxygen atoms in total. The maximum absolute atomic E-state index is 2.13. The van der Waals surface area contributed by atoms with Crippen LogP contribution in [0.1, 0.15) is 11.1 Å². The Labute approximate surface area is 146 Å². The quantitative estimate of drug-likeness (QED) is 0.684. The Morgan fingerprint density at radius 3 is 1.12 bits per heavy atom. The zero-order valence-corrected chi connectivity index (χ0v) is 15.0. The number of allylic oxidation sites excluding steroid dienone is 4. The van der Waals surface area contributed by atoms with Crippen LogP contribution in [0.3, 0.4) is 0 Å². The summed E-state index contributed by atoms with van der Waals surface area (Å²) in [4.78, 5) is 4.20. The van der Waals surface area contributed by atoms with Gasteiger partial charge in [-0.2, -0.15) is 0 Å². The SMILES string of the molecule is CN(C)c1ccc(\C=C/C=C/C=C/c2ccc(N(C)C)cc2)cc1. The molecule has 0 aliphatic heterocycles. The minimum Gasteiger partial charge on any atom is -0.378 e. The summed E-state index contributed by atoms with van der Waals surface area (Å²) in [7, 11) is 8.20. The van der Waals surface area contributed by atoms with Crippen molar-refractivity contribution in [3.05, 3.63) is 84.0 Å². The van der Waals surface area contributed by atoms with Crippen molar-refractivity contribution in [2.24, 2.45) is 0 Å². The van der Waals surface area contributed by atoms with Gasteiger partial charge in [0, 0.05) is 39.6 Å². The van der Waals surface area contributed by atoms with Crippen molar-refractivity contribution in [3.63, 3.8) is 0 Å².